The molecule has 208 valence electrons. The molecule has 0 bridgehead atoms. The number of hydrogen-bond acceptors (Lipinski definition) is 9. The van der Waals surface area contributed by atoms with Gasteiger partial charge in [0.1, 0.15) is 10.6 Å². The van der Waals surface area contributed by atoms with Crippen LogP contribution in [-0.4, -0.2) is 85.0 Å². The zero-order valence-corrected chi connectivity index (χ0v) is 23.4. The first-order valence-corrected chi connectivity index (χ1v) is 15.2. The first-order valence-electron chi connectivity index (χ1n) is 13.1. The van der Waals surface area contributed by atoms with Crippen LogP contribution in [0.1, 0.15) is 44.7 Å². The van der Waals surface area contributed by atoms with E-state index in [1.54, 1.807) is 0 Å². The van der Waals surface area contributed by atoms with E-state index in [0.29, 0.717) is 68.0 Å². The number of morpholine rings is 1. The standard InChI is InChI=1S/C26H37N5O5S2/c1-19-18-36-15-12-31(19)23-17-22(26(9-2-10-26)38(34,35)16-4-14-33)29-24(30-23)20-5-7-21(8-6-20)28-25(37)27-11-3-13-32/h5-8,17,19,32-33H,2-4,9-16,18H2,1H3,(H2,27,28,37)/t19-/m0/s1. The molecule has 38 heavy (non-hydrogen) atoms. The Kier molecular flexibility index (Phi) is 9.53. The number of ether oxygens (including phenoxy) is 1. The number of rotatable bonds is 11. The zero-order valence-electron chi connectivity index (χ0n) is 21.7. The van der Waals surface area contributed by atoms with Crippen LogP contribution in [0.15, 0.2) is 30.3 Å². The molecular weight excluding hydrogens is 526 g/mol. The van der Waals surface area contributed by atoms with Crippen LogP contribution >= 0.6 is 12.2 Å². The van der Waals surface area contributed by atoms with E-state index in [-0.39, 0.29) is 31.4 Å². The van der Waals surface area contributed by atoms with Crippen LogP contribution < -0.4 is 15.5 Å². The summed E-state index contributed by atoms with van der Waals surface area (Å²) < 4.78 is 31.5. The maximum atomic E-state index is 13.5. The molecule has 1 aliphatic carbocycles. The molecule has 0 spiro atoms. The molecule has 2 aromatic rings. The third-order valence-electron chi connectivity index (χ3n) is 7.19. The first kappa shape index (κ1) is 28.6. The number of thiocarbonyl (C=S) groups is 1. The predicted molar refractivity (Wildman–Crippen MR) is 152 cm³/mol. The van der Waals surface area contributed by atoms with Crippen molar-refractivity contribution in [1.82, 2.24) is 15.3 Å². The van der Waals surface area contributed by atoms with Gasteiger partial charge in [-0.3, -0.25) is 0 Å². The Labute approximate surface area is 229 Å². The van der Waals surface area contributed by atoms with E-state index in [0.717, 1.165) is 17.7 Å². The molecule has 0 unspecified atom stereocenters. The van der Waals surface area contributed by atoms with Crippen molar-refractivity contribution >= 4 is 38.7 Å². The number of benzene rings is 1. The minimum atomic E-state index is -3.53. The maximum absolute atomic E-state index is 13.5. The molecule has 2 fully saturated rings. The number of anilines is 2. The van der Waals surface area contributed by atoms with E-state index in [1.165, 1.54) is 0 Å². The van der Waals surface area contributed by atoms with Crippen LogP contribution in [-0.2, 0) is 19.3 Å². The molecule has 10 nitrogen and oxygen atoms in total. The lowest BCUT2D eigenvalue weighted by atomic mass is 9.81. The van der Waals surface area contributed by atoms with E-state index in [4.69, 9.17) is 32.0 Å². The average molecular weight is 564 g/mol. The topological polar surface area (TPSA) is 137 Å². The van der Waals surface area contributed by atoms with Gasteiger partial charge in [-0.05, 0) is 75.5 Å². The van der Waals surface area contributed by atoms with Crippen molar-refractivity contribution in [3.63, 3.8) is 0 Å². The SMILES string of the molecule is C[C@H]1COCCN1c1cc(C2(S(=O)(=O)CCCO)CCC2)nc(-c2ccc(NC(=S)NCCCO)cc2)n1. The van der Waals surface area contributed by atoms with Crippen LogP contribution in [0.5, 0.6) is 0 Å². The van der Waals surface area contributed by atoms with E-state index >= 15 is 0 Å². The van der Waals surface area contributed by atoms with Gasteiger partial charge >= 0.3 is 0 Å². The molecular formula is C26H37N5O5S2. The lowest BCUT2D eigenvalue weighted by Gasteiger charge is -2.41. The summed E-state index contributed by atoms with van der Waals surface area (Å²) in [6.07, 6.45) is 2.65. The molecule has 1 aromatic heterocycles. The molecule has 12 heteroatoms. The highest BCUT2D eigenvalue weighted by Gasteiger charge is 2.51. The van der Waals surface area contributed by atoms with Crippen LogP contribution in [0.3, 0.4) is 0 Å². The molecule has 0 amide bonds. The van der Waals surface area contributed by atoms with Gasteiger partial charge in [0.15, 0.2) is 20.8 Å². The Hall–Kier alpha value is -2.38. The lowest BCUT2D eigenvalue weighted by molar-refractivity contribution is 0.0985. The van der Waals surface area contributed by atoms with Crippen molar-refractivity contribution in [3.05, 3.63) is 36.0 Å². The van der Waals surface area contributed by atoms with Crippen molar-refractivity contribution < 1.29 is 23.4 Å². The highest BCUT2D eigenvalue weighted by molar-refractivity contribution is 7.92. The van der Waals surface area contributed by atoms with Crippen LogP contribution in [0.25, 0.3) is 11.4 Å². The molecule has 1 aliphatic heterocycles. The molecule has 1 atom stereocenters. The van der Waals surface area contributed by atoms with Gasteiger partial charge in [-0.1, -0.05) is 0 Å². The molecule has 4 rings (SSSR count). The molecule has 2 aliphatic rings. The van der Waals surface area contributed by atoms with Crippen molar-refractivity contribution in [2.75, 3.05) is 55.5 Å². The van der Waals surface area contributed by atoms with Crippen molar-refractivity contribution in [2.45, 2.75) is 49.8 Å². The Morgan fingerprint density at radius 3 is 2.55 bits per heavy atom. The quantitative estimate of drug-likeness (QED) is 0.237. The van der Waals surface area contributed by atoms with Gasteiger partial charge in [-0.2, -0.15) is 0 Å². The fraction of sp³-hybridized carbons (Fsp3) is 0.577. The second-order valence-corrected chi connectivity index (χ2v) is 12.7. The maximum Gasteiger partial charge on any atom is 0.170 e. The van der Waals surface area contributed by atoms with E-state index in [1.807, 2.05) is 30.3 Å². The lowest BCUT2D eigenvalue weighted by Crippen LogP contribution is -2.46. The minimum absolute atomic E-state index is 0.0707. The molecule has 1 saturated carbocycles. The van der Waals surface area contributed by atoms with Crippen LogP contribution in [0.4, 0.5) is 11.5 Å². The number of sulfone groups is 1. The summed E-state index contributed by atoms with van der Waals surface area (Å²) >= 11 is 5.30. The minimum Gasteiger partial charge on any atom is -0.396 e. The van der Waals surface area contributed by atoms with E-state index in [9.17, 15) is 13.5 Å². The molecule has 4 N–H and O–H groups in total. The number of hydrogen-bond donors (Lipinski definition) is 4. The Morgan fingerprint density at radius 2 is 1.92 bits per heavy atom. The summed E-state index contributed by atoms with van der Waals surface area (Å²) in [5.74, 6) is 1.09. The zero-order chi connectivity index (χ0) is 27.2. The van der Waals surface area contributed by atoms with E-state index < -0.39 is 14.6 Å². The summed E-state index contributed by atoms with van der Waals surface area (Å²) in [7, 11) is -3.53. The monoisotopic (exact) mass is 563 g/mol. The van der Waals surface area contributed by atoms with Crippen LogP contribution in [0, 0.1) is 0 Å². The largest absolute Gasteiger partial charge is 0.396 e. The summed E-state index contributed by atoms with van der Waals surface area (Å²) in [6, 6.07) is 9.45. The van der Waals surface area contributed by atoms with Gasteiger partial charge in [0.2, 0.25) is 0 Å². The van der Waals surface area contributed by atoms with Crippen molar-refractivity contribution in [3.8, 4) is 11.4 Å². The Balaban J connectivity index is 1.68. The average Bonchev–Trinajstić information content (AvgIpc) is 2.87. The Bertz CT molecular complexity index is 1210. The van der Waals surface area contributed by atoms with E-state index in [2.05, 4.69) is 22.5 Å². The fourth-order valence-corrected chi connectivity index (χ4v) is 7.30. The number of aliphatic hydroxyl groups is 2. The smallest absolute Gasteiger partial charge is 0.170 e. The van der Waals surface area contributed by atoms with Crippen LogP contribution in [0.2, 0.25) is 0 Å². The highest BCUT2D eigenvalue weighted by atomic mass is 32.2. The number of aliphatic hydroxyl groups excluding tert-OH is 2. The van der Waals surface area contributed by atoms with Gasteiger partial charge < -0.3 is 30.5 Å². The predicted octanol–water partition coefficient (Wildman–Crippen LogP) is 2.21. The second-order valence-electron chi connectivity index (χ2n) is 9.83. The molecule has 1 saturated heterocycles. The normalized spacial score (nSPS) is 19.0. The fourth-order valence-electron chi connectivity index (χ4n) is 4.84. The second kappa shape index (κ2) is 12.6. The van der Waals surface area contributed by atoms with Gasteiger partial charge in [0.05, 0.1) is 30.7 Å². The molecule has 2 heterocycles. The third kappa shape index (κ3) is 6.26. The number of nitrogens with one attached hydrogen (secondary N) is 2. The van der Waals surface area contributed by atoms with Crippen molar-refractivity contribution in [1.29, 1.82) is 0 Å². The summed E-state index contributed by atoms with van der Waals surface area (Å²) in [6.45, 7) is 4.38. The molecule has 0 radical (unpaired) electrons. The van der Waals surface area contributed by atoms with Crippen molar-refractivity contribution in [2.24, 2.45) is 0 Å². The first-order chi connectivity index (χ1) is 18.3. The van der Waals surface area contributed by atoms with Gasteiger partial charge in [-0.15, -0.1) is 0 Å². The number of aromatic nitrogens is 2. The highest BCUT2D eigenvalue weighted by Crippen LogP contribution is 2.49. The third-order valence-corrected chi connectivity index (χ3v) is 10.1. The summed E-state index contributed by atoms with van der Waals surface area (Å²) in [5.41, 5.74) is 2.08. The molecule has 1 aromatic carbocycles. The summed E-state index contributed by atoms with van der Waals surface area (Å²) in [4.78, 5) is 11.9. The summed E-state index contributed by atoms with van der Waals surface area (Å²) in [5, 5.41) is 24.8. The van der Waals surface area contributed by atoms with Gasteiger partial charge in [0.25, 0.3) is 0 Å². The number of nitrogens with zero attached hydrogens (tertiary/aromatic N) is 3. The Morgan fingerprint density at radius 1 is 1.18 bits per heavy atom. The van der Waals surface area contributed by atoms with Gasteiger partial charge in [0, 0.05) is 43.6 Å². The van der Waals surface area contributed by atoms with Gasteiger partial charge in [-0.25, -0.2) is 18.4 Å².